The predicted octanol–water partition coefficient (Wildman–Crippen LogP) is 2.00. The van der Waals surface area contributed by atoms with E-state index in [4.69, 9.17) is 4.74 Å². The maximum absolute atomic E-state index is 12.6. The number of hydrogen-bond acceptors (Lipinski definition) is 4. The Balaban J connectivity index is 1.67. The molecule has 6 heteroatoms. The van der Waals surface area contributed by atoms with Gasteiger partial charge in [0.1, 0.15) is 11.3 Å². The second kappa shape index (κ2) is 7.70. The quantitative estimate of drug-likeness (QED) is 0.871. The highest BCUT2D eigenvalue weighted by molar-refractivity contribution is 5.97. The molecule has 1 aromatic carbocycles. The van der Waals surface area contributed by atoms with E-state index in [2.05, 4.69) is 22.2 Å². The summed E-state index contributed by atoms with van der Waals surface area (Å²) in [6, 6.07) is 5.21. The van der Waals surface area contributed by atoms with Crippen molar-refractivity contribution in [2.24, 2.45) is 5.92 Å². The first-order chi connectivity index (χ1) is 12.1. The van der Waals surface area contributed by atoms with Gasteiger partial charge < -0.3 is 19.9 Å². The average molecular weight is 343 g/mol. The van der Waals surface area contributed by atoms with Crippen molar-refractivity contribution < 1.29 is 9.53 Å². The lowest BCUT2D eigenvalue weighted by molar-refractivity contribution is 0.0947. The summed E-state index contributed by atoms with van der Waals surface area (Å²) < 4.78 is 5.16. The van der Waals surface area contributed by atoms with Gasteiger partial charge in [0.25, 0.3) is 5.91 Å². The molecule has 1 fully saturated rings. The van der Waals surface area contributed by atoms with Crippen molar-refractivity contribution in [3.05, 3.63) is 40.2 Å². The number of fused-ring (bicyclic) bond motifs is 1. The molecule has 1 aliphatic heterocycles. The maximum atomic E-state index is 12.6. The zero-order valence-corrected chi connectivity index (χ0v) is 14.8. The number of aromatic nitrogens is 1. The topological polar surface area (TPSA) is 74.4 Å². The molecule has 134 valence electrons. The molecule has 1 aromatic heterocycles. The average Bonchev–Trinajstić information content (AvgIpc) is 2.62. The van der Waals surface area contributed by atoms with E-state index in [-0.39, 0.29) is 16.9 Å². The molecule has 1 amide bonds. The van der Waals surface area contributed by atoms with Crippen molar-refractivity contribution in [3.63, 3.8) is 0 Å². The van der Waals surface area contributed by atoms with Crippen LogP contribution in [0.15, 0.2) is 29.2 Å². The number of benzene rings is 1. The summed E-state index contributed by atoms with van der Waals surface area (Å²) in [7, 11) is 3.68. The van der Waals surface area contributed by atoms with Crippen LogP contribution in [-0.4, -0.2) is 49.6 Å². The van der Waals surface area contributed by atoms with Gasteiger partial charge in [-0.05, 0) is 57.0 Å². The van der Waals surface area contributed by atoms with Crippen LogP contribution in [0, 0.1) is 5.92 Å². The predicted molar refractivity (Wildman–Crippen MR) is 98.3 cm³/mol. The Bertz CT molecular complexity index is 815. The van der Waals surface area contributed by atoms with Crippen LogP contribution in [0.25, 0.3) is 10.9 Å². The number of piperidine rings is 1. The van der Waals surface area contributed by atoms with E-state index < -0.39 is 0 Å². The van der Waals surface area contributed by atoms with Gasteiger partial charge in [0.2, 0.25) is 5.43 Å². The van der Waals surface area contributed by atoms with Gasteiger partial charge in [-0.1, -0.05) is 0 Å². The second-order valence-corrected chi connectivity index (χ2v) is 6.76. The highest BCUT2D eigenvalue weighted by Gasteiger charge is 2.18. The highest BCUT2D eigenvalue weighted by atomic mass is 16.5. The molecule has 0 unspecified atom stereocenters. The van der Waals surface area contributed by atoms with Gasteiger partial charge >= 0.3 is 0 Å². The summed E-state index contributed by atoms with van der Waals surface area (Å²) in [6.07, 6.45) is 4.84. The van der Waals surface area contributed by atoms with Crippen molar-refractivity contribution >= 4 is 16.8 Å². The van der Waals surface area contributed by atoms with Gasteiger partial charge in [0, 0.05) is 30.2 Å². The molecule has 0 bridgehead atoms. The fourth-order valence-electron chi connectivity index (χ4n) is 3.49. The van der Waals surface area contributed by atoms with E-state index in [9.17, 15) is 9.59 Å². The first-order valence-corrected chi connectivity index (χ1v) is 8.74. The van der Waals surface area contributed by atoms with E-state index >= 15 is 0 Å². The molecule has 25 heavy (non-hydrogen) atoms. The molecule has 1 aliphatic rings. The molecule has 3 rings (SSSR count). The molecule has 0 spiro atoms. The lowest BCUT2D eigenvalue weighted by Gasteiger charge is -2.29. The number of likely N-dealkylation sites (tertiary alicyclic amines) is 1. The van der Waals surface area contributed by atoms with Gasteiger partial charge in [0.15, 0.2) is 0 Å². The SMILES string of the molecule is COc1ccc2[nH]cc(C(=O)NCC[C@H]3CCCN(C)C3)c(=O)c2c1. The standard InChI is InChI=1S/C19H25N3O3/c1-22-9-3-4-13(12-22)7-8-20-19(24)16-11-21-17-6-5-14(25-2)10-15(17)18(16)23/h5-6,10-11,13H,3-4,7-9,12H2,1-2H3,(H,20,24)(H,21,23)/t13-/m1/s1. The number of hydrogen-bond donors (Lipinski definition) is 2. The fourth-order valence-corrected chi connectivity index (χ4v) is 3.49. The summed E-state index contributed by atoms with van der Waals surface area (Å²) in [5, 5.41) is 3.35. The molecule has 1 saturated heterocycles. The minimum atomic E-state index is -0.324. The first kappa shape index (κ1) is 17.5. The summed E-state index contributed by atoms with van der Waals surface area (Å²) in [6.45, 7) is 2.82. The van der Waals surface area contributed by atoms with Crippen molar-refractivity contribution in [1.82, 2.24) is 15.2 Å². The number of carbonyl (C=O) groups excluding carboxylic acids is 1. The fraction of sp³-hybridized carbons (Fsp3) is 0.474. The first-order valence-electron chi connectivity index (χ1n) is 8.74. The smallest absolute Gasteiger partial charge is 0.256 e. The van der Waals surface area contributed by atoms with Crippen molar-refractivity contribution in [2.45, 2.75) is 19.3 Å². The zero-order valence-electron chi connectivity index (χ0n) is 14.8. The molecule has 0 saturated carbocycles. The van der Waals surface area contributed by atoms with Gasteiger partial charge in [-0.2, -0.15) is 0 Å². The van der Waals surface area contributed by atoms with Crippen LogP contribution in [0.3, 0.4) is 0 Å². The summed E-state index contributed by atoms with van der Waals surface area (Å²) in [4.78, 5) is 30.3. The molecular formula is C19H25N3O3. The third-order valence-corrected chi connectivity index (χ3v) is 4.89. The van der Waals surface area contributed by atoms with Crippen LogP contribution in [0.2, 0.25) is 0 Å². The van der Waals surface area contributed by atoms with E-state index in [1.807, 2.05) is 0 Å². The highest BCUT2D eigenvalue weighted by Crippen LogP contribution is 2.18. The molecule has 1 atom stereocenters. The minimum absolute atomic E-state index is 0.140. The molecule has 0 aliphatic carbocycles. The monoisotopic (exact) mass is 343 g/mol. The van der Waals surface area contributed by atoms with Crippen LogP contribution in [0.1, 0.15) is 29.6 Å². The molecule has 2 N–H and O–H groups in total. The van der Waals surface area contributed by atoms with E-state index in [0.29, 0.717) is 29.1 Å². The van der Waals surface area contributed by atoms with Crippen LogP contribution in [0.4, 0.5) is 0 Å². The minimum Gasteiger partial charge on any atom is -0.497 e. The number of H-pyrrole nitrogens is 1. The number of rotatable bonds is 5. The van der Waals surface area contributed by atoms with Gasteiger partial charge in [-0.15, -0.1) is 0 Å². The molecule has 6 nitrogen and oxygen atoms in total. The molecule has 0 radical (unpaired) electrons. The third-order valence-electron chi connectivity index (χ3n) is 4.89. The van der Waals surface area contributed by atoms with Crippen LogP contribution in [0.5, 0.6) is 5.75 Å². The Morgan fingerprint density at radius 3 is 3.04 bits per heavy atom. The number of ether oxygens (including phenoxy) is 1. The molecule has 2 aromatic rings. The number of nitrogens with zero attached hydrogens (tertiary/aromatic N) is 1. The van der Waals surface area contributed by atoms with Crippen LogP contribution < -0.4 is 15.5 Å². The Morgan fingerprint density at radius 2 is 2.28 bits per heavy atom. The van der Waals surface area contributed by atoms with Crippen molar-refractivity contribution in [1.29, 1.82) is 0 Å². The molecular weight excluding hydrogens is 318 g/mol. The second-order valence-electron chi connectivity index (χ2n) is 6.76. The Labute approximate surface area is 147 Å². The third kappa shape index (κ3) is 4.02. The van der Waals surface area contributed by atoms with E-state index in [1.54, 1.807) is 25.3 Å². The summed E-state index contributed by atoms with van der Waals surface area (Å²) >= 11 is 0. The summed E-state index contributed by atoms with van der Waals surface area (Å²) in [5.41, 5.74) is 0.552. The van der Waals surface area contributed by atoms with Crippen molar-refractivity contribution in [2.75, 3.05) is 33.8 Å². The van der Waals surface area contributed by atoms with E-state index in [0.717, 1.165) is 19.5 Å². The molecule has 2 heterocycles. The van der Waals surface area contributed by atoms with Crippen molar-refractivity contribution in [3.8, 4) is 5.75 Å². The van der Waals surface area contributed by atoms with Crippen LogP contribution >= 0.6 is 0 Å². The zero-order chi connectivity index (χ0) is 17.8. The Kier molecular flexibility index (Phi) is 5.38. The number of nitrogens with one attached hydrogen (secondary N) is 2. The Morgan fingerprint density at radius 1 is 1.44 bits per heavy atom. The van der Waals surface area contributed by atoms with Crippen LogP contribution in [-0.2, 0) is 0 Å². The largest absolute Gasteiger partial charge is 0.497 e. The number of amides is 1. The van der Waals surface area contributed by atoms with Gasteiger partial charge in [-0.25, -0.2) is 0 Å². The normalized spacial score (nSPS) is 18.2. The number of methoxy groups -OCH3 is 1. The Hall–Kier alpha value is -2.34. The van der Waals surface area contributed by atoms with Gasteiger partial charge in [-0.3, -0.25) is 9.59 Å². The number of pyridine rings is 1. The maximum Gasteiger partial charge on any atom is 0.256 e. The van der Waals surface area contributed by atoms with Gasteiger partial charge in [0.05, 0.1) is 7.11 Å². The summed E-state index contributed by atoms with van der Waals surface area (Å²) in [5.74, 6) is 0.880. The number of carbonyl (C=O) groups is 1. The van der Waals surface area contributed by atoms with E-state index in [1.165, 1.54) is 19.0 Å². The lowest BCUT2D eigenvalue weighted by atomic mass is 9.95. The number of aromatic amines is 1. The lowest BCUT2D eigenvalue weighted by Crippen LogP contribution is -2.35.